The molecule has 13 heavy (non-hydrogen) atoms. The lowest BCUT2D eigenvalue weighted by Crippen LogP contribution is -1.97. The van der Waals surface area contributed by atoms with Crippen LogP contribution in [0.3, 0.4) is 0 Å². The van der Waals surface area contributed by atoms with Crippen molar-refractivity contribution >= 4 is 5.57 Å². The number of rotatable bonds is 2. The van der Waals surface area contributed by atoms with E-state index in [1.165, 1.54) is 0 Å². The van der Waals surface area contributed by atoms with Gasteiger partial charge in [0.1, 0.15) is 0 Å². The number of hydrogen-bond acceptors (Lipinski definition) is 2. The van der Waals surface area contributed by atoms with E-state index in [2.05, 4.69) is 11.6 Å². The first-order valence-electron chi connectivity index (χ1n) is 4.24. The second-order valence-electron chi connectivity index (χ2n) is 3.25. The number of allylic oxidation sites excluding steroid dienone is 1. The summed E-state index contributed by atoms with van der Waals surface area (Å²) < 4.78 is 5.20. The lowest BCUT2D eigenvalue weighted by Gasteiger charge is -2.10. The van der Waals surface area contributed by atoms with Crippen LogP contribution in [0.5, 0.6) is 5.88 Å². The van der Waals surface area contributed by atoms with Crippen LogP contribution in [-0.2, 0) is 0 Å². The summed E-state index contributed by atoms with van der Waals surface area (Å²) in [5.74, 6) is 0.671. The van der Waals surface area contributed by atoms with E-state index in [0.29, 0.717) is 5.88 Å². The highest BCUT2D eigenvalue weighted by molar-refractivity contribution is 5.68. The minimum Gasteiger partial charge on any atom is -0.481 e. The second kappa shape index (κ2) is 3.60. The van der Waals surface area contributed by atoms with Gasteiger partial charge in [-0.15, -0.1) is 0 Å². The van der Waals surface area contributed by atoms with E-state index in [0.717, 1.165) is 22.4 Å². The van der Waals surface area contributed by atoms with Crippen LogP contribution < -0.4 is 4.74 Å². The highest BCUT2D eigenvalue weighted by Gasteiger charge is 2.09. The van der Waals surface area contributed by atoms with E-state index in [1.807, 2.05) is 26.8 Å². The standard InChI is InChI=1S/C11H15NO/c1-7(2)10-8(3)6-9(4)12-11(10)13-5/h6H,1H2,2-5H3. The summed E-state index contributed by atoms with van der Waals surface area (Å²) in [6.45, 7) is 9.86. The van der Waals surface area contributed by atoms with Gasteiger partial charge in [-0.1, -0.05) is 6.58 Å². The van der Waals surface area contributed by atoms with E-state index < -0.39 is 0 Å². The number of pyridine rings is 1. The fourth-order valence-corrected chi connectivity index (χ4v) is 1.47. The number of hydrogen-bond donors (Lipinski definition) is 0. The van der Waals surface area contributed by atoms with Crippen molar-refractivity contribution < 1.29 is 4.74 Å². The van der Waals surface area contributed by atoms with Crippen LogP contribution in [-0.4, -0.2) is 12.1 Å². The lowest BCUT2D eigenvalue weighted by atomic mass is 10.0. The van der Waals surface area contributed by atoms with Crippen molar-refractivity contribution in [3.8, 4) is 5.88 Å². The summed E-state index contributed by atoms with van der Waals surface area (Å²) in [7, 11) is 1.63. The highest BCUT2D eigenvalue weighted by Crippen LogP contribution is 2.26. The van der Waals surface area contributed by atoms with Crippen molar-refractivity contribution in [1.29, 1.82) is 0 Å². The number of aromatic nitrogens is 1. The largest absolute Gasteiger partial charge is 0.481 e. The first kappa shape index (κ1) is 9.78. The third-order valence-corrected chi connectivity index (χ3v) is 1.93. The zero-order valence-electron chi connectivity index (χ0n) is 8.64. The molecule has 2 nitrogen and oxygen atoms in total. The fourth-order valence-electron chi connectivity index (χ4n) is 1.47. The molecule has 1 aromatic heterocycles. The van der Waals surface area contributed by atoms with E-state index in [4.69, 9.17) is 4.74 Å². The molecule has 0 aliphatic carbocycles. The molecule has 2 heteroatoms. The molecule has 0 aromatic carbocycles. The Bertz CT molecular complexity index is 342. The van der Waals surface area contributed by atoms with Gasteiger partial charge in [0.15, 0.2) is 0 Å². The van der Waals surface area contributed by atoms with Crippen molar-refractivity contribution in [3.05, 3.63) is 29.5 Å². The predicted molar refractivity (Wildman–Crippen MR) is 55.0 cm³/mol. The predicted octanol–water partition coefficient (Wildman–Crippen LogP) is 2.74. The molecule has 0 bridgehead atoms. The molecule has 0 N–H and O–H groups in total. The SMILES string of the molecule is C=C(C)c1c(C)cc(C)nc1OC. The highest BCUT2D eigenvalue weighted by atomic mass is 16.5. The van der Waals surface area contributed by atoms with Gasteiger partial charge >= 0.3 is 0 Å². The van der Waals surface area contributed by atoms with Gasteiger partial charge in [-0.05, 0) is 38.0 Å². The Labute approximate surface area is 79.3 Å². The molecule has 0 atom stereocenters. The number of methoxy groups -OCH3 is 1. The summed E-state index contributed by atoms with van der Waals surface area (Å²) in [6, 6.07) is 2.03. The van der Waals surface area contributed by atoms with E-state index in [1.54, 1.807) is 7.11 Å². The molecule has 0 spiro atoms. The van der Waals surface area contributed by atoms with E-state index >= 15 is 0 Å². The third-order valence-electron chi connectivity index (χ3n) is 1.93. The maximum Gasteiger partial charge on any atom is 0.221 e. The van der Waals surface area contributed by atoms with Crippen molar-refractivity contribution in [2.24, 2.45) is 0 Å². The average Bonchev–Trinajstić information content (AvgIpc) is 2.01. The molecule has 0 unspecified atom stereocenters. The number of nitrogens with zero attached hydrogens (tertiary/aromatic N) is 1. The summed E-state index contributed by atoms with van der Waals surface area (Å²) >= 11 is 0. The summed E-state index contributed by atoms with van der Waals surface area (Å²) in [4.78, 5) is 4.29. The second-order valence-corrected chi connectivity index (χ2v) is 3.25. The zero-order valence-corrected chi connectivity index (χ0v) is 8.64. The van der Waals surface area contributed by atoms with Crippen LogP contribution in [0, 0.1) is 13.8 Å². The quantitative estimate of drug-likeness (QED) is 0.693. The van der Waals surface area contributed by atoms with Crippen LogP contribution in [0.1, 0.15) is 23.7 Å². The van der Waals surface area contributed by atoms with Crippen LogP contribution in [0.4, 0.5) is 0 Å². The molecule has 0 radical (unpaired) electrons. The molecular formula is C11H15NO. The molecule has 1 heterocycles. The van der Waals surface area contributed by atoms with Gasteiger partial charge in [0.2, 0.25) is 5.88 Å². The smallest absolute Gasteiger partial charge is 0.221 e. The maximum absolute atomic E-state index is 5.20. The van der Waals surface area contributed by atoms with Crippen LogP contribution >= 0.6 is 0 Å². The zero-order chi connectivity index (χ0) is 10.0. The van der Waals surface area contributed by atoms with Gasteiger partial charge in [-0.2, -0.15) is 0 Å². The Hall–Kier alpha value is -1.31. The Balaban J connectivity index is 3.38. The summed E-state index contributed by atoms with van der Waals surface area (Å²) in [6.07, 6.45) is 0. The average molecular weight is 177 g/mol. The molecule has 1 aromatic rings. The van der Waals surface area contributed by atoms with Gasteiger partial charge in [0.05, 0.1) is 7.11 Å². The van der Waals surface area contributed by atoms with Gasteiger partial charge in [-0.3, -0.25) is 0 Å². The Morgan fingerprint density at radius 2 is 2.08 bits per heavy atom. The summed E-state index contributed by atoms with van der Waals surface area (Å²) in [5.41, 5.74) is 4.14. The Morgan fingerprint density at radius 3 is 2.54 bits per heavy atom. The molecule has 0 aliphatic heterocycles. The first-order valence-corrected chi connectivity index (χ1v) is 4.24. The lowest BCUT2D eigenvalue weighted by molar-refractivity contribution is 0.395. The van der Waals surface area contributed by atoms with Crippen LogP contribution in [0.2, 0.25) is 0 Å². The van der Waals surface area contributed by atoms with Crippen molar-refractivity contribution in [3.63, 3.8) is 0 Å². The Kier molecular flexibility index (Phi) is 2.71. The normalized spacial score (nSPS) is 9.85. The topological polar surface area (TPSA) is 22.1 Å². The molecule has 0 saturated carbocycles. The monoisotopic (exact) mass is 177 g/mol. The molecule has 0 amide bonds. The van der Waals surface area contributed by atoms with Gasteiger partial charge in [-0.25, -0.2) is 4.98 Å². The Morgan fingerprint density at radius 1 is 1.46 bits per heavy atom. The maximum atomic E-state index is 5.20. The molecule has 1 rings (SSSR count). The molecule has 70 valence electrons. The van der Waals surface area contributed by atoms with Crippen molar-refractivity contribution in [2.45, 2.75) is 20.8 Å². The molecule has 0 saturated heterocycles. The third kappa shape index (κ3) is 1.89. The molecule has 0 aliphatic rings. The van der Waals surface area contributed by atoms with Crippen molar-refractivity contribution in [2.75, 3.05) is 7.11 Å². The minimum absolute atomic E-state index is 0.671. The first-order chi connectivity index (χ1) is 6.06. The van der Waals surface area contributed by atoms with Gasteiger partial charge in [0, 0.05) is 11.3 Å². The number of ether oxygens (including phenoxy) is 1. The van der Waals surface area contributed by atoms with Crippen LogP contribution in [0.15, 0.2) is 12.6 Å². The fraction of sp³-hybridized carbons (Fsp3) is 0.364. The number of aryl methyl sites for hydroxylation is 2. The van der Waals surface area contributed by atoms with Crippen molar-refractivity contribution in [1.82, 2.24) is 4.98 Å². The minimum atomic E-state index is 0.671. The van der Waals surface area contributed by atoms with Gasteiger partial charge in [0.25, 0.3) is 0 Å². The molecule has 0 fully saturated rings. The van der Waals surface area contributed by atoms with E-state index in [-0.39, 0.29) is 0 Å². The molecular weight excluding hydrogens is 162 g/mol. The summed E-state index contributed by atoms with van der Waals surface area (Å²) in [5, 5.41) is 0. The van der Waals surface area contributed by atoms with Crippen LogP contribution in [0.25, 0.3) is 5.57 Å². The van der Waals surface area contributed by atoms with E-state index in [9.17, 15) is 0 Å². The van der Waals surface area contributed by atoms with Gasteiger partial charge < -0.3 is 4.74 Å².